The highest BCUT2D eigenvalue weighted by atomic mass is 16.6. The van der Waals surface area contributed by atoms with Crippen molar-refractivity contribution in [3.63, 3.8) is 0 Å². The van der Waals surface area contributed by atoms with Gasteiger partial charge in [0.05, 0.1) is 6.21 Å². The monoisotopic (exact) mass is 286 g/mol. The van der Waals surface area contributed by atoms with Crippen LogP contribution in [0.1, 0.15) is 37.7 Å². The lowest BCUT2D eigenvalue weighted by Crippen LogP contribution is -2.28. The van der Waals surface area contributed by atoms with E-state index in [9.17, 15) is 4.79 Å². The summed E-state index contributed by atoms with van der Waals surface area (Å²) in [6.07, 6.45) is 9.77. The van der Waals surface area contributed by atoms with Crippen LogP contribution in [0.15, 0.2) is 47.1 Å². The summed E-state index contributed by atoms with van der Waals surface area (Å²) >= 11 is 0. The molecule has 4 nitrogen and oxygen atoms in total. The summed E-state index contributed by atoms with van der Waals surface area (Å²) < 4.78 is 0. The number of nitrogens with zero attached hydrogens (tertiary/aromatic N) is 1. The van der Waals surface area contributed by atoms with Crippen LogP contribution in [0.3, 0.4) is 0 Å². The maximum atomic E-state index is 11.6. The van der Waals surface area contributed by atoms with E-state index in [1.54, 1.807) is 6.21 Å². The van der Waals surface area contributed by atoms with Gasteiger partial charge >= 0.3 is 0 Å². The van der Waals surface area contributed by atoms with E-state index in [0.29, 0.717) is 6.54 Å². The molecular formula is C17H22N2O2. The Bertz CT molecular complexity index is 495. The number of allylic oxidation sites excluding steroid dienone is 1. The number of oxime groups is 1. The molecule has 1 aliphatic carbocycles. The quantitative estimate of drug-likeness (QED) is 0.476. The van der Waals surface area contributed by atoms with Crippen LogP contribution in [0, 0.1) is 0 Å². The Kier molecular flexibility index (Phi) is 6.52. The Hall–Kier alpha value is -2.10. The summed E-state index contributed by atoms with van der Waals surface area (Å²) in [6.45, 7) is 0.638. The number of hydrogen-bond donors (Lipinski definition) is 1. The largest absolute Gasteiger partial charge is 0.386 e. The number of benzene rings is 1. The van der Waals surface area contributed by atoms with E-state index >= 15 is 0 Å². The van der Waals surface area contributed by atoms with Crippen molar-refractivity contribution in [2.24, 2.45) is 5.16 Å². The van der Waals surface area contributed by atoms with Crippen molar-refractivity contribution in [1.82, 2.24) is 5.32 Å². The van der Waals surface area contributed by atoms with Gasteiger partial charge in [0.25, 0.3) is 5.91 Å². The topological polar surface area (TPSA) is 50.7 Å². The molecule has 4 heteroatoms. The highest BCUT2D eigenvalue weighted by molar-refractivity contribution is 5.79. The van der Waals surface area contributed by atoms with Gasteiger partial charge in [-0.2, -0.15) is 0 Å². The summed E-state index contributed by atoms with van der Waals surface area (Å²) in [5, 5.41) is 6.63. The number of amides is 1. The van der Waals surface area contributed by atoms with Crippen molar-refractivity contribution >= 4 is 12.1 Å². The zero-order valence-corrected chi connectivity index (χ0v) is 12.3. The van der Waals surface area contributed by atoms with Gasteiger partial charge in [-0.3, -0.25) is 4.79 Å². The van der Waals surface area contributed by atoms with Crippen LogP contribution >= 0.6 is 0 Å². The van der Waals surface area contributed by atoms with E-state index in [-0.39, 0.29) is 12.5 Å². The molecule has 0 atom stereocenters. The van der Waals surface area contributed by atoms with E-state index in [0.717, 1.165) is 12.0 Å². The van der Waals surface area contributed by atoms with Crippen LogP contribution < -0.4 is 5.32 Å². The lowest BCUT2D eigenvalue weighted by molar-refractivity contribution is -0.125. The molecule has 21 heavy (non-hydrogen) atoms. The third kappa shape index (κ3) is 6.25. The molecule has 0 spiro atoms. The maximum absolute atomic E-state index is 11.6. The van der Waals surface area contributed by atoms with Gasteiger partial charge in [-0.05, 0) is 37.7 Å². The number of carbonyl (C=O) groups is 1. The number of hydrogen-bond acceptors (Lipinski definition) is 3. The standard InChI is InChI=1S/C17H22N2O2/c20-17(18-12-11-15-7-3-1-4-8-15)14-21-19-13-16-9-5-2-6-10-16/h2,5-7,9-10,13H,1,3-4,8,11-12,14H2,(H,18,20). The molecule has 0 aliphatic heterocycles. The first-order chi connectivity index (χ1) is 10.3. The Morgan fingerprint density at radius 2 is 2.14 bits per heavy atom. The van der Waals surface area contributed by atoms with Gasteiger partial charge in [0.15, 0.2) is 6.61 Å². The molecule has 0 heterocycles. The normalized spacial score (nSPS) is 14.8. The molecule has 0 aromatic heterocycles. The van der Waals surface area contributed by atoms with Crippen molar-refractivity contribution in [2.45, 2.75) is 32.1 Å². The molecule has 1 N–H and O–H groups in total. The van der Waals surface area contributed by atoms with Crippen molar-refractivity contribution < 1.29 is 9.63 Å². The molecule has 0 saturated heterocycles. The summed E-state index contributed by atoms with van der Waals surface area (Å²) in [7, 11) is 0. The second-order valence-corrected chi connectivity index (χ2v) is 5.13. The average Bonchev–Trinajstić information content (AvgIpc) is 2.54. The Labute approximate surface area is 125 Å². The minimum atomic E-state index is -0.128. The second-order valence-electron chi connectivity index (χ2n) is 5.13. The van der Waals surface area contributed by atoms with Crippen molar-refractivity contribution in [3.8, 4) is 0 Å². The predicted octanol–water partition coefficient (Wildman–Crippen LogP) is 3.04. The Morgan fingerprint density at radius 1 is 1.29 bits per heavy atom. The summed E-state index contributed by atoms with van der Waals surface area (Å²) in [5.41, 5.74) is 2.41. The molecule has 1 aliphatic rings. The highest BCUT2D eigenvalue weighted by Crippen LogP contribution is 2.19. The smallest absolute Gasteiger partial charge is 0.260 e. The van der Waals surface area contributed by atoms with Crippen molar-refractivity contribution in [2.75, 3.05) is 13.2 Å². The molecular weight excluding hydrogens is 264 g/mol. The highest BCUT2D eigenvalue weighted by Gasteiger charge is 2.05. The van der Waals surface area contributed by atoms with E-state index in [1.165, 1.54) is 31.3 Å². The number of rotatable bonds is 7. The van der Waals surface area contributed by atoms with E-state index in [2.05, 4.69) is 16.5 Å². The lowest BCUT2D eigenvalue weighted by Gasteiger charge is -2.12. The zero-order chi connectivity index (χ0) is 14.8. The van der Waals surface area contributed by atoms with Gasteiger partial charge < -0.3 is 10.2 Å². The van der Waals surface area contributed by atoms with Crippen molar-refractivity contribution in [3.05, 3.63) is 47.5 Å². The van der Waals surface area contributed by atoms with Crippen LogP contribution in [0.2, 0.25) is 0 Å². The summed E-state index contributed by atoms with van der Waals surface area (Å²) in [6, 6.07) is 9.63. The minimum absolute atomic E-state index is 0.0393. The minimum Gasteiger partial charge on any atom is -0.386 e. The van der Waals surface area contributed by atoms with Gasteiger partial charge in [0.1, 0.15) is 0 Å². The van der Waals surface area contributed by atoms with Gasteiger partial charge in [0.2, 0.25) is 0 Å². The zero-order valence-electron chi connectivity index (χ0n) is 12.3. The van der Waals surface area contributed by atoms with E-state index in [4.69, 9.17) is 4.84 Å². The first-order valence-electron chi connectivity index (χ1n) is 7.49. The second kappa shape index (κ2) is 8.95. The van der Waals surface area contributed by atoms with E-state index in [1.807, 2.05) is 30.3 Å². The van der Waals surface area contributed by atoms with Crippen LogP contribution in [0.25, 0.3) is 0 Å². The van der Waals surface area contributed by atoms with Crippen LogP contribution in [-0.4, -0.2) is 25.3 Å². The molecule has 1 amide bonds. The average molecular weight is 286 g/mol. The van der Waals surface area contributed by atoms with Gasteiger partial charge in [-0.25, -0.2) is 0 Å². The molecule has 0 fully saturated rings. The molecule has 1 aromatic carbocycles. The van der Waals surface area contributed by atoms with Crippen LogP contribution in [0.4, 0.5) is 0 Å². The van der Waals surface area contributed by atoms with Crippen LogP contribution in [-0.2, 0) is 9.63 Å². The SMILES string of the molecule is O=C(CON=Cc1ccccc1)NCCC1=CCCCC1. The number of carbonyl (C=O) groups excluding carboxylic acids is 1. The molecule has 112 valence electrons. The fraction of sp³-hybridized carbons (Fsp3) is 0.412. The fourth-order valence-electron chi connectivity index (χ4n) is 2.28. The van der Waals surface area contributed by atoms with Crippen LogP contribution in [0.5, 0.6) is 0 Å². The summed E-state index contributed by atoms with van der Waals surface area (Å²) in [4.78, 5) is 16.6. The first-order valence-corrected chi connectivity index (χ1v) is 7.49. The Morgan fingerprint density at radius 3 is 2.90 bits per heavy atom. The number of nitrogens with one attached hydrogen (secondary N) is 1. The first kappa shape index (κ1) is 15.3. The molecule has 0 bridgehead atoms. The molecule has 1 aromatic rings. The third-order valence-corrected chi connectivity index (χ3v) is 3.42. The lowest BCUT2D eigenvalue weighted by atomic mass is 9.97. The van der Waals surface area contributed by atoms with Gasteiger partial charge in [-0.1, -0.05) is 47.1 Å². The Balaban J connectivity index is 1.57. The van der Waals surface area contributed by atoms with E-state index < -0.39 is 0 Å². The molecule has 0 unspecified atom stereocenters. The molecule has 2 rings (SSSR count). The molecule has 0 radical (unpaired) electrons. The maximum Gasteiger partial charge on any atom is 0.260 e. The van der Waals surface area contributed by atoms with Crippen molar-refractivity contribution in [1.29, 1.82) is 0 Å². The third-order valence-electron chi connectivity index (χ3n) is 3.42. The molecule has 0 saturated carbocycles. The fourth-order valence-corrected chi connectivity index (χ4v) is 2.28. The van der Waals surface area contributed by atoms with Gasteiger partial charge in [-0.15, -0.1) is 0 Å². The van der Waals surface area contributed by atoms with Gasteiger partial charge in [0, 0.05) is 6.54 Å². The predicted molar refractivity (Wildman–Crippen MR) is 84.2 cm³/mol. The summed E-state index contributed by atoms with van der Waals surface area (Å²) in [5.74, 6) is -0.128.